The van der Waals surface area contributed by atoms with E-state index in [1.165, 1.54) is 11.3 Å². The molecule has 0 radical (unpaired) electrons. The molecule has 0 bridgehead atoms. The Morgan fingerprint density at radius 2 is 2.22 bits per heavy atom. The molecule has 3 heterocycles. The van der Waals surface area contributed by atoms with Crippen LogP contribution in [0, 0.1) is 0 Å². The molecular weight excluding hydrogens is 338 g/mol. The van der Waals surface area contributed by atoms with Crippen molar-refractivity contribution in [2.24, 2.45) is 0 Å². The Morgan fingerprint density at radius 1 is 1.35 bits per heavy atom. The lowest BCUT2D eigenvalue weighted by molar-refractivity contribution is 0.0893. The van der Waals surface area contributed by atoms with Crippen molar-refractivity contribution in [2.45, 2.75) is 18.9 Å². The zero-order valence-corrected chi connectivity index (χ0v) is 13.5. The predicted molar refractivity (Wildman–Crippen MR) is 87.0 cm³/mol. The van der Waals surface area contributed by atoms with Crippen molar-refractivity contribution in [2.75, 3.05) is 11.9 Å². The van der Waals surface area contributed by atoms with Gasteiger partial charge in [-0.1, -0.05) is 34.9 Å². The molecule has 3 aromatic rings. The highest BCUT2D eigenvalue weighted by Crippen LogP contribution is 2.35. The molecule has 1 amide bonds. The molecule has 23 heavy (non-hydrogen) atoms. The van der Waals surface area contributed by atoms with Crippen LogP contribution in [0.3, 0.4) is 0 Å². The Kier molecular flexibility index (Phi) is 3.76. The summed E-state index contributed by atoms with van der Waals surface area (Å²) in [7, 11) is 0. The van der Waals surface area contributed by atoms with Gasteiger partial charge < -0.3 is 9.15 Å². The van der Waals surface area contributed by atoms with E-state index in [9.17, 15) is 4.79 Å². The summed E-state index contributed by atoms with van der Waals surface area (Å²) in [6, 6.07) is 7.64. The van der Waals surface area contributed by atoms with Crippen LogP contribution in [-0.2, 0) is 4.74 Å². The standard InChI is InChI=1S/C15H12ClN3O3S/c16-11-8-4-1-2-6-10(8)23-12(11)13(20)17-15-19-18-14(22-15)9-5-3-7-21-9/h1-2,4,6,9H,3,5,7H2,(H,17,19,20)/t9-/m0/s1. The van der Waals surface area contributed by atoms with Crippen molar-refractivity contribution in [1.29, 1.82) is 0 Å². The number of amides is 1. The molecule has 8 heteroatoms. The first kappa shape index (κ1) is 14.6. The second-order valence-corrected chi connectivity index (χ2v) is 6.57. The topological polar surface area (TPSA) is 77.2 Å². The lowest BCUT2D eigenvalue weighted by Crippen LogP contribution is -2.10. The lowest BCUT2D eigenvalue weighted by Gasteiger charge is -2.02. The molecule has 1 atom stereocenters. The number of anilines is 1. The van der Waals surface area contributed by atoms with Crippen LogP contribution in [0.4, 0.5) is 6.01 Å². The maximum atomic E-state index is 12.4. The molecule has 0 unspecified atom stereocenters. The van der Waals surface area contributed by atoms with E-state index in [1.54, 1.807) is 0 Å². The highest BCUT2D eigenvalue weighted by atomic mass is 35.5. The molecule has 4 rings (SSSR count). The third kappa shape index (κ3) is 2.71. The second kappa shape index (κ2) is 5.92. The van der Waals surface area contributed by atoms with Crippen LogP contribution < -0.4 is 5.32 Å². The maximum Gasteiger partial charge on any atom is 0.322 e. The van der Waals surface area contributed by atoms with Gasteiger partial charge in [-0.25, -0.2) is 0 Å². The van der Waals surface area contributed by atoms with Crippen molar-refractivity contribution in [3.8, 4) is 0 Å². The van der Waals surface area contributed by atoms with Gasteiger partial charge in [-0.3, -0.25) is 10.1 Å². The molecule has 1 aliphatic heterocycles. The Hall–Kier alpha value is -1.96. The quantitative estimate of drug-likeness (QED) is 0.772. The van der Waals surface area contributed by atoms with Crippen LogP contribution in [0.5, 0.6) is 0 Å². The highest BCUT2D eigenvalue weighted by molar-refractivity contribution is 7.21. The van der Waals surface area contributed by atoms with Crippen LogP contribution in [-0.4, -0.2) is 22.7 Å². The maximum absolute atomic E-state index is 12.4. The summed E-state index contributed by atoms with van der Waals surface area (Å²) in [6.45, 7) is 0.687. The third-order valence-electron chi connectivity index (χ3n) is 3.61. The number of benzene rings is 1. The average Bonchev–Trinajstić information content (AvgIpc) is 3.27. The zero-order valence-electron chi connectivity index (χ0n) is 11.9. The van der Waals surface area contributed by atoms with Crippen LogP contribution in [0.1, 0.15) is 34.5 Å². The molecule has 1 aliphatic rings. The third-order valence-corrected chi connectivity index (χ3v) is 5.28. The van der Waals surface area contributed by atoms with Crippen LogP contribution in [0.25, 0.3) is 10.1 Å². The monoisotopic (exact) mass is 349 g/mol. The Morgan fingerprint density at radius 3 is 3.00 bits per heavy atom. The Balaban J connectivity index is 1.56. The number of carbonyl (C=O) groups excluding carboxylic acids is 1. The molecule has 1 saturated heterocycles. The largest absolute Gasteiger partial charge is 0.405 e. The average molecular weight is 350 g/mol. The molecule has 1 N–H and O–H groups in total. The minimum absolute atomic E-state index is 0.0500. The number of nitrogens with one attached hydrogen (secondary N) is 1. The number of halogens is 1. The molecule has 6 nitrogen and oxygen atoms in total. The van der Waals surface area contributed by atoms with Gasteiger partial charge in [-0.05, 0) is 18.9 Å². The van der Waals surface area contributed by atoms with Gasteiger partial charge in [-0.2, -0.15) is 0 Å². The molecule has 1 fully saturated rings. The van der Waals surface area contributed by atoms with E-state index in [2.05, 4.69) is 15.5 Å². The van der Waals surface area contributed by atoms with E-state index in [0.29, 0.717) is 22.4 Å². The number of hydrogen-bond donors (Lipinski definition) is 1. The van der Waals surface area contributed by atoms with Gasteiger partial charge >= 0.3 is 6.01 Å². The predicted octanol–water partition coefficient (Wildman–Crippen LogP) is 4.04. The van der Waals surface area contributed by atoms with E-state index < -0.39 is 0 Å². The molecule has 2 aromatic heterocycles. The summed E-state index contributed by atoms with van der Waals surface area (Å²) in [5, 5.41) is 11.7. The van der Waals surface area contributed by atoms with Gasteiger partial charge in [0.1, 0.15) is 11.0 Å². The number of rotatable bonds is 3. The number of thiophene rings is 1. The van der Waals surface area contributed by atoms with Crippen molar-refractivity contribution in [1.82, 2.24) is 10.2 Å². The van der Waals surface area contributed by atoms with Gasteiger partial charge in [-0.15, -0.1) is 16.4 Å². The first-order valence-electron chi connectivity index (χ1n) is 7.16. The smallest absolute Gasteiger partial charge is 0.322 e. The summed E-state index contributed by atoms with van der Waals surface area (Å²) in [4.78, 5) is 12.8. The number of fused-ring (bicyclic) bond motifs is 1. The second-order valence-electron chi connectivity index (χ2n) is 5.14. The summed E-state index contributed by atoms with van der Waals surface area (Å²) >= 11 is 7.61. The van der Waals surface area contributed by atoms with Crippen molar-refractivity contribution in [3.05, 3.63) is 40.1 Å². The number of hydrogen-bond acceptors (Lipinski definition) is 6. The molecule has 118 valence electrons. The SMILES string of the molecule is O=C(Nc1nnc([C@@H]2CCCO2)o1)c1sc2ccccc2c1Cl. The number of nitrogens with zero attached hydrogens (tertiary/aromatic N) is 2. The fourth-order valence-electron chi connectivity index (χ4n) is 2.50. The number of ether oxygens (including phenoxy) is 1. The van der Waals surface area contributed by atoms with Gasteiger partial charge in [0, 0.05) is 16.7 Å². The molecular formula is C15H12ClN3O3S. The lowest BCUT2D eigenvalue weighted by atomic mass is 10.2. The van der Waals surface area contributed by atoms with Gasteiger partial charge in [0.15, 0.2) is 0 Å². The van der Waals surface area contributed by atoms with E-state index in [0.717, 1.165) is 22.9 Å². The van der Waals surface area contributed by atoms with Crippen molar-refractivity contribution < 1.29 is 13.9 Å². The first-order valence-corrected chi connectivity index (χ1v) is 8.35. The van der Waals surface area contributed by atoms with Crippen molar-refractivity contribution >= 4 is 44.9 Å². The zero-order chi connectivity index (χ0) is 15.8. The first-order chi connectivity index (χ1) is 11.2. The van der Waals surface area contributed by atoms with Crippen LogP contribution in [0.15, 0.2) is 28.7 Å². The normalized spacial score (nSPS) is 17.7. The fourth-order valence-corrected chi connectivity index (χ4v) is 3.91. The molecule has 0 saturated carbocycles. The number of carbonyl (C=O) groups is 1. The van der Waals surface area contributed by atoms with Crippen LogP contribution >= 0.6 is 22.9 Å². The Bertz CT molecular complexity index is 870. The van der Waals surface area contributed by atoms with Gasteiger partial charge in [0.05, 0.1) is 5.02 Å². The minimum Gasteiger partial charge on any atom is -0.405 e. The van der Waals surface area contributed by atoms with E-state index in [-0.39, 0.29) is 18.0 Å². The summed E-state index contributed by atoms with van der Waals surface area (Å²) in [6.07, 6.45) is 1.63. The van der Waals surface area contributed by atoms with Gasteiger partial charge in [0.25, 0.3) is 5.91 Å². The van der Waals surface area contributed by atoms with E-state index in [1.807, 2.05) is 24.3 Å². The number of aromatic nitrogens is 2. The molecule has 1 aromatic carbocycles. The summed E-state index contributed by atoms with van der Waals surface area (Å²) in [5.74, 6) is 0.0268. The molecule has 0 aliphatic carbocycles. The van der Waals surface area contributed by atoms with Crippen molar-refractivity contribution in [3.63, 3.8) is 0 Å². The summed E-state index contributed by atoms with van der Waals surface area (Å²) in [5.41, 5.74) is 0. The molecule has 0 spiro atoms. The summed E-state index contributed by atoms with van der Waals surface area (Å²) < 4.78 is 11.9. The highest BCUT2D eigenvalue weighted by Gasteiger charge is 2.25. The van der Waals surface area contributed by atoms with Gasteiger partial charge in [0.2, 0.25) is 5.89 Å². The fraction of sp³-hybridized carbons (Fsp3) is 0.267. The Labute approximate surface area is 140 Å². The van der Waals surface area contributed by atoms with E-state index >= 15 is 0 Å². The van der Waals surface area contributed by atoms with E-state index in [4.69, 9.17) is 20.8 Å². The van der Waals surface area contributed by atoms with Crippen LogP contribution in [0.2, 0.25) is 5.02 Å². The minimum atomic E-state index is -0.362.